The molecule has 4 N–H and O–H groups in total. The first-order chi connectivity index (χ1) is 15.9. The molecule has 1 aliphatic rings. The summed E-state index contributed by atoms with van der Waals surface area (Å²) in [5, 5.41) is 9.89. The molecule has 4 rings (SSSR count). The topological polar surface area (TPSA) is 133 Å². The second kappa shape index (κ2) is 8.68. The summed E-state index contributed by atoms with van der Waals surface area (Å²) >= 11 is 1.10. The van der Waals surface area contributed by atoms with Crippen molar-refractivity contribution in [2.24, 2.45) is 11.5 Å². The monoisotopic (exact) mass is 460 g/mol. The minimum atomic E-state index is -0.801. The number of aromatic nitrogens is 1. The van der Waals surface area contributed by atoms with Crippen molar-refractivity contribution in [3.63, 3.8) is 0 Å². The lowest BCUT2D eigenvalue weighted by molar-refractivity contribution is -0.113. The molecule has 8 nitrogen and oxygen atoms in total. The first kappa shape index (κ1) is 21.9. The number of hydrogen-bond acceptors (Lipinski definition) is 7. The van der Waals surface area contributed by atoms with E-state index in [1.807, 2.05) is 0 Å². The number of nitrogens with zero attached hydrogens (tertiary/aromatic N) is 2. The number of nitrogens with two attached hydrogens (primary N) is 2. The molecule has 2 heterocycles. The van der Waals surface area contributed by atoms with Gasteiger partial charge in [-0.05, 0) is 41.5 Å². The van der Waals surface area contributed by atoms with Crippen LogP contribution in [-0.4, -0.2) is 24.7 Å². The summed E-state index contributed by atoms with van der Waals surface area (Å²) < 4.78 is 12.2. The molecule has 0 radical (unpaired) electrons. The molecule has 2 aromatic carbocycles. The SMILES string of the molecule is COc1ccc(/C=c2/sc3n(c2=O)C(N)=C(C#N)[C@H](c2ccc(OC)cc2)C=3C(N)=O)cc1. The zero-order chi connectivity index (χ0) is 23.7. The first-order valence-corrected chi connectivity index (χ1v) is 10.7. The molecule has 166 valence electrons. The molecule has 0 spiro atoms. The summed E-state index contributed by atoms with van der Waals surface area (Å²) in [6, 6.07) is 16.2. The lowest BCUT2D eigenvalue weighted by atomic mass is 9.83. The number of ether oxygens (including phenoxy) is 2. The van der Waals surface area contributed by atoms with Crippen LogP contribution in [-0.2, 0) is 4.79 Å². The summed E-state index contributed by atoms with van der Waals surface area (Å²) in [6.07, 6.45) is 1.69. The molecular weight excluding hydrogens is 440 g/mol. The number of thiazole rings is 1. The van der Waals surface area contributed by atoms with Crippen LogP contribution >= 0.6 is 11.3 Å². The van der Waals surface area contributed by atoms with Gasteiger partial charge in [-0.25, -0.2) is 0 Å². The highest BCUT2D eigenvalue weighted by atomic mass is 32.1. The fourth-order valence-electron chi connectivity index (χ4n) is 3.77. The maximum Gasteiger partial charge on any atom is 0.274 e. The zero-order valence-electron chi connectivity index (χ0n) is 17.9. The Morgan fingerprint density at radius 2 is 1.67 bits per heavy atom. The molecular formula is C24H20N4O4S. The van der Waals surface area contributed by atoms with E-state index in [1.165, 1.54) is 4.57 Å². The fourth-order valence-corrected chi connectivity index (χ4v) is 4.95. The Kier molecular flexibility index (Phi) is 5.77. The van der Waals surface area contributed by atoms with E-state index in [0.29, 0.717) is 26.3 Å². The van der Waals surface area contributed by atoms with Crippen molar-refractivity contribution in [1.29, 1.82) is 5.26 Å². The summed E-state index contributed by atoms with van der Waals surface area (Å²) in [5.74, 6) is -0.247. The van der Waals surface area contributed by atoms with E-state index >= 15 is 0 Å². The quantitative estimate of drug-likeness (QED) is 0.580. The van der Waals surface area contributed by atoms with E-state index < -0.39 is 17.4 Å². The van der Waals surface area contributed by atoms with Crippen molar-refractivity contribution in [2.45, 2.75) is 5.92 Å². The van der Waals surface area contributed by atoms with Crippen LogP contribution in [0, 0.1) is 11.3 Å². The van der Waals surface area contributed by atoms with Gasteiger partial charge in [-0.2, -0.15) is 5.26 Å². The average Bonchev–Trinajstić information content (AvgIpc) is 3.15. The predicted molar refractivity (Wildman–Crippen MR) is 126 cm³/mol. The predicted octanol–water partition coefficient (Wildman–Crippen LogP) is 0.840. The van der Waals surface area contributed by atoms with E-state index in [2.05, 4.69) is 6.07 Å². The van der Waals surface area contributed by atoms with Gasteiger partial charge in [-0.1, -0.05) is 24.3 Å². The molecule has 1 aromatic heterocycles. The van der Waals surface area contributed by atoms with Gasteiger partial charge in [-0.3, -0.25) is 14.2 Å². The number of nitriles is 1. The average molecular weight is 461 g/mol. The van der Waals surface area contributed by atoms with Crippen LogP contribution in [0.4, 0.5) is 0 Å². The Morgan fingerprint density at radius 3 is 2.18 bits per heavy atom. The minimum Gasteiger partial charge on any atom is -0.497 e. The molecule has 33 heavy (non-hydrogen) atoms. The molecule has 1 aliphatic heterocycles. The first-order valence-electron chi connectivity index (χ1n) is 9.85. The molecule has 0 unspecified atom stereocenters. The van der Waals surface area contributed by atoms with Gasteiger partial charge in [0.2, 0.25) is 5.91 Å². The van der Waals surface area contributed by atoms with Crippen LogP contribution in [0.5, 0.6) is 11.5 Å². The molecule has 9 heteroatoms. The number of primary amides is 1. The van der Waals surface area contributed by atoms with Gasteiger partial charge >= 0.3 is 0 Å². The molecule has 0 aliphatic carbocycles. The lowest BCUT2D eigenvalue weighted by Crippen LogP contribution is -2.41. The van der Waals surface area contributed by atoms with E-state index in [1.54, 1.807) is 68.8 Å². The van der Waals surface area contributed by atoms with Gasteiger partial charge in [0, 0.05) is 0 Å². The fraction of sp³-hybridized carbons (Fsp3) is 0.125. The Balaban J connectivity index is 2.01. The van der Waals surface area contributed by atoms with Gasteiger partial charge < -0.3 is 20.9 Å². The number of hydrogen-bond donors (Lipinski definition) is 2. The number of amides is 1. The van der Waals surface area contributed by atoms with Crippen LogP contribution in [0.25, 0.3) is 17.5 Å². The minimum absolute atomic E-state index is 0.0195. The summed E-state index contributed by atoms with van der Waals surface area (Å²) in [4.78, 5) is 25.8. The van der Waals surface area contributed by atoms with E-state index in [4.69, 9.17) is 20.9 Å². The summed E-state index contributed by atoms with van der Waals surface area (Å²) in [7, 11) is 3.11. The highest BCUT2D eigenvalue weighted by Crippen LogP contribution is 2.36. The van der Waals surface area contributed by atoms with Gasteiger partial charge in [0.25, 0.3) is 5.56 Å². The second-order valence-electron chi connectivity index (χ2n) is 7.22. The third-order valence-corrected chi connectivity index (χ3v) is 6.51. The number of carbonyl (C=O) groups excluding carboxylic acids is 1. The van der Waals surface area contributed by atoms with Gasteiger partial charge in [0.05, 0.1) is 41.9 Å². The van der Waals surface area contributed by atoms with Crippen molar-refractivity contribution < 1.29 is 14.3 Å². The van der Waals surface area contributed by atoms with Crippen molar-refractivity contribution in [3.8, 4) is 17.6 Å². The van der Waals surface area contributed by atoms with Crippen LogP contribution < -0.4 is 35.7 Å². The third-order valence-electron chi connectivity index (χ3n) is 5.40. The number of fused-ring (bicyclic) bond motifs is 1. The Labute approximate surface area is 192 Å². The molecule has 0 saturated carbocycles. The molecule has 0 saturated heterocycles. The van der Waals surface area contributed by atoms with E-state index in [9.17, 15) is 14.9 Å². The van der Waals surface area contributed by atoms with E-state index in [-0.39, 0.29) is 17.0 Å². The normalized spacial score (nSPS) is 15.7. The van der Waals surface area contributed by atoms with Crippen LogP contribution in [0.15, 0.2) is 58.9 Å². The number of allylic oxidation sites excluding steroid dienone is 1. The molecule has 3 aromatic rings. The molecule has 1 amide bonds. The van der Waals surface area contributed by atoms with Gasteiger partial charge in [0.15, 0.2) is 0 Å². The number of benzene rings is 2. The van der Waals surface area contributed by atoms with Crippen molar-refractivity contribution in [1.82, 2.24) is 4.57 Å². The van der Waals surface area contributed by atoms with E-state index in [0.717, 1.165) is 16.9 Å². The van der Waals surface area contributed by atoms with Crippen molar-refractivity contribution in [2.75, 3.05) is 14.2 Å². The van der Waals surface area contributed by atoms with Gasteiger partial charge in [0.1, 0.15) is 22.0 Å². The summed E-state index contributed by atoms with van der Waals surface area (Å²) in [5.41, 5.74) is 13.3. The smallest absolute Gasteiger partial charge is 0.274 e. The highest BCUT2D eigenvalue weighted by molar-refractivity contribution is 7.07. The molecule has 0 fully saturated rings. The molecule has 0 bridgehead atoms. The standard InChI is InChI=1S/C24H20N4O4S/c1-31-15-7-3-13(4-8-15)11-18-23(30)28-21(26)17(12-25)19(20(22(27)29)24(28)33-18)14-5-9-16(32-2)10-6-14/h3-11,19H,26H2,1-2H3,(H2,27,29)/b18-11+/t19-/m0/s1. The maximum absolute atomic E-state index is 13.2. The van der Waals surface area contributed by atoms with Crippen LogP contribution in [0.1, 0.15) is 17.0 Å². The third kappa shape index (κ3) is 3.77. The van der Waals surface area contributed by atoms with Crippen molar-refractivity contribution in [3.05, 3.63) is 84.8 Å². The van der Waals surface area contributed by atoms with Crippen LogP contribution in [0.2, 0.25) is 0 Å². The van der Waals surface area contributed by atoms with Crippen molar-refractivity contribution >= 4 is 34.7 Å². The van der Waals surface area contributed by atoms with Crippen LogP contribution in [0.3, 0.4) is 0 Å². The Hall–Kier alpha value is -4.29. The Bertz CT molecular complexity index is 1490. The lowest BCUT2D eigenvalue weighted by Gasteiger charge is -2.24. The maximum atomic E-state index is 13.2. The Morgan fingerprint density at radius 1 is 1.09 bits per heavy atom. The number of carbonyl (C=O) groups is 1. The molecule has 1 atom stereocenters. The number of methoxy groups -OCH3 is 2. The second-order valence-corrected chi connectivity index (χ2v) is 8.25. The number of rotatable bonds is 5. The van der Waals surface area contributed by atoms with Gasteiger partial charge in [-0.15, -0.1) is 11.3 Å². The largest absolute Gasteiger partial charge is 0.497 e. The highest BCUT2D eigenvalue weighted by Gasteiger charge is 2.34. The zero-order valence-corrected chi connectivity index (χ0v) is 18.7. The summed E-state index contributed by atoms with van der Waals surface area (Å²) in [6.45, 7) is 0.